The zero-order valence-corrected chi connectivity index (χ0v) is 20.0. The number of rotatable bonds is 7. The lowest BCUT2D eigenvalue weighted by Gasteiger charge is -2.23. The van der Waals surface area contributed by atoms with Gasteiger partial charge in [0.15, 0.2) is 5.11 Å². The molecule has 1 N–H and O–H groups in total. The minimum Gasteiger partial charge on any atom is -0.336 e. The normalized spacial score (nSPS) is 16.0. The number of carbonyl (C=O) groups is 2. The lowest BCUT2D eigenvalue weighted by atomic mass is 10.1. The maximum absolute atomic E-state index is 13.4. The molecule has 4 rings (SSSR count). The number of carbonyl (C=O) groups excluding carboxylic acids is 2. The number of benzene rings is 2. The standard InChI is InChI=1S/C23H19Cl2N3O2S2/c24-15-3-7-17(8-4-15)26-21(29)14-20-22(30)28(18-9-5-16(25)6-10-18)23(31)27(20)12-11-19-2-1-13-32-19/h1-10,13,20H,11-12,14H2,(H,26,29). The Kier molecular flexibility index (Phi) is 7.10. The maximum atomic E-state index is 13.4. The molecular formula is C23H19Cl2N3O2S2. The minimum absolute atomic E-state index is 0.0177. The smallest absolute Gasteiger partial charge is 0.256 e. The summed E-state index contributed by atoms with van der Waals surface area (Å²) < 4.78 is 0. The van der Waals surface area contributed by atoms with Crippen LogP contribution in [0.25, 0.3) is 0 Å². The fourth-order valence-electron chi connectivity index (χ4n) is 3.52. The molecule has 2 heterocycles. The van der Waals surface area contributed by atoms with Gasteiger partial charge in [-0.3, -0.25) is 14.5 Å². The molecule has 1 aliphatic rings. The van der Waals surface area contributed by atoms with Crippen LogP contribution in [0.15, 0.2) is 66.0 Å². The summed E-state index contributed by atoms with van der Waals surface area (Å²) in [5.41, 5.74) is 1.25. The van der Waals surface area contributed by atoms with Crippen molar-refractivity contribution in [3.63, 3.8) is 0 Å². The number of halogens is 2. The summed E-state index contributed by atoms with van der Waals surface area (Å²) in [4.78, 5) is 30.7. The molecule has 5 nitrogen and oxygen atoms in total. The third kappa shape index (κ3) is 5.13. The summed E-state index contributed by atoms with van der Waals surface area (Å²) in [6.07, 6.45) is 0.713. The lowest BCUT2D eigenvalue weighted by Crippen LogP contribution is -2.39. The van der Waals surface area contributed by atoms with Crippen LogP contribution in [0.4, 0.5) is 11.4 Å². The van der Waals surface area contributed by atoms with E-state index in [1.807, 2.05) is 22.4 Å². The molecule has 2 amide bonds. The first kappa shape index (κ1) is 22.7. The van der Waals surface area contributed by atoms with E-state index in [-0.39, 0.29) is 18.2 Å². The number of hydrogen-bond donors (Lipinski definition) is 1. The van der Waals surface area contributed by atoms with Gasteiger partial charge in [-0.25, -0.2) is 0 Å². The Morgan fingerprint density at radius 3 is 2.31 bits per heavy atom. The van der Waals surface area contributed by atoms with Gasteiger partial charge in [0.05, 0.1) is 12.1 Å². The summed E-state index contributed by atoms with van der Waals surface area (Å²) in [7, 11) is 0. The summed E-state index contributed by atoms with van der Waals surface area (Å²) in [5.74, 6) is -0.498. The van der Waals surface area contributed by atoms with E-state index in [1.165, 1.54) is 9.78 Å². The molecule has 3 aromatic rings. The van der Waals surface area contributed by atoms with Crippen molar-refractivity contribution in [1.82, 2.24) is 4.90 Å². The topological polar surface area (TPSA) is 52.7 Å². The predicted molar refractivity (Wildman–Crippen MR) is 135 cm³/mol. The second-order valence-electron chi connectivity index (χ2n) is 7.23. The number of thiocarbonyl (C=S) groups is 1. The summed E-state index contributed by atoms with van der Waals surface area (Å²) in [6, 6.07) is 17.1. The van der Waals surface area contributed by atoms with Crippen LogP contribution < -0.4 is 10.2 Å². The van der Waals surface area contributed by atoms with E-state index in [9.17, 15) is 9.59 Å². The van der Waals surface area contributed by atoms with Crippen molar-refractivity contribution in [2.24, 2.45) is 0 Å². The predicted octanol–water partition coefficient (Wildman–Crippen LogP) is 5.63. The first-order valence-corrected chi connectivity index (χ1v) is 11.9. The molecule has 1 unspecified atom stereocenters. The quantitative estimate of drug-likeness (QED) is 0.424. The zero-order valence-electron chi connectivity index (χ0n) is 16.8. The molecule has 0 radical (unpaired) electrons. The van der Waals surface area contributed by atoms with Crippen molar-refractivity contribution in [1.29, 1.82) is 0 Å². The SMILES string of the molecule is O=C(CC1C(=O)N(c2ccc(Cl)cc2)C(=S)N1CCc1cccs1)Nc1ccc(Cl)cc1. The van der Waals surface area contributed by atoms with Gasteiger partial charge in [0.1, 0.15) is 6.04 Å². The van der Waals surface area contributed by atoms with Gasteiger partial charge in [0, 0.05) is 27.2 Å². The molecule has 1 atom stereocenters. The van der Waals surface area contributed by atoms with Crippen molar-refractivity contribution in [3.8, 4) is 0 Å². The highest BCUT2D eigenvalue weighted by Crippen LogP contribution is 2.29. The Labute approximate surface area is 205 Å². The molecule has 0 bridgehead atoms. The molecule has 9 heteroatoms. The molecule has 0 aliphatic carbocycles. The highest BCUT2D eigenvalue weighted by molar-refractivity contribution is 7.80. The Balaban J connectivity index is 1.54. The van der Waals surface area contributed by atoms with Crippen LogP contribution in [0, 0.1) is 0 Å². The molecule has 164 valence electrons. The van der Waals surface area contributed by atoms with E-state index in [0.717, 1.165) is 6.42 Å². The van der Waals surface area contributed by atoms with Crippen LogP contribution in [0.2, 0.25) is 10.0 Å². The van der Waals surface area contributed by atoms with Crippen LogP contribution in [0.5, 0.6) is 0 Å². The fourth-order valence-corrected chi connectivity index (χ4v) is 4.89. The highest BCUT2D eigenvalue weighted by Gasteiger charge is 2.43. The molecule has 1 aromatic heterocycles. The lowest BCUT2D eigenvalue weighted by molar-refractivity contribution is -0.124. The summed E-state index contributed by atoms with van der Waals surface area (Å²) >= 11 is 19.2. The van der Waals surface area contributed by atoms with E-state index in [1.54, 1.807) is 59.9 Å². The molecule has 0 saturated carbocycles. The van der Waals surface area contributed by atoms with E-state index in [0.29, 0.717) is 33.1 Å². The molecule has 32 heavy (non-hydrogen) atoms. The van der Waals surface area contributed by atoms with Crippen molar-refractivity contribution >= 4 is 75.1 Å². The van der Waals surface area contributed by atoms with Gasteiger partial charge >= 0.3 is 0 Å². The van der Waals surface area contributed by atoms with Crippen LogP contribution in [-0.4, -0.2) is 34.4 Å². The van der Waals surface area contributed by atoms with Gasteiger partial charge in [0.2, 0.25) is 5.91 Å². The third-order valence-electron chi connectivity index (χ3n) is 5.09. The molecular weight excluding hydrogens is 485 g/mol. The van der Waals surface area contributed by atoms with Crippen LogP contribution in [0.1, 0.15) is 11.3 Å². The second-order valence-corrected chi connectivity index (χ2v) is 9.50. The maximum Gasteiger partial charge on any atom is 0.256 e. The summed E-state index contributed by atoms with van der Waals surface area (Å²) in [5, 5.41) is 6.38. The minimum atomic E-state index is -0.689. The molecule has 2 aromatic carbocycles. The van der Waals surface area contributed by atoms with Gasteiger partial charge < -0.3 is 10.2 Å². The zero-order chi connectivity index (χ0) is 22.7. The Morgan fingerprint density at radius 2 is 1.69 bits per heavy atom. The van der Waals surface area contributed by atoms with E-state index in [4.69, 9.17) is 35.4 Å². The van der Waals surface area contributed by atoms with Gasteiger partial charge in [-0.1, -0.05) is 29.3 Å². The number of amides is 2. The monoisotopic (exact) mass is 503 g/mol. The van der Waals surface area contributed by atoms with Gasteiger partial charge in [0.25, 0.3) is 5.91 Å². The summed E-state index contributed by atoms with van der Waals surface area (Å²) in [6.45, 7) is 0.536. The largest absolute Gasteiger partial charge is 0.336 e. The highest BCUT2D eigenvalue weighted by atomic mass is 35.5. The van der Waals surface area contributed by atoms with E-state index >= 15 is 0 Å². The molecule has 1 aliphatic heterocycles. The van der Waals surface area contributed by atoms with E-state index < -0.39 is 6.04 Å². The van der Waals surface area contributed by atoms with Gasteiger partial charge in [-0.2, -0.15) is 0 Å². The van der Waals surface area contributed by atoms with Gasteiger partial charge in [-0.05, 0) is 78.6 Å². The number of thiophene rings is 1. The van der Waals surface area contributed by atoms with Crippen LogP contribution >= 0.6 is 46.8 Å². The van der Waals surface area contributed by atoms with Crippen molar-refractivity contribution in [2.45, 2.75) is 18.9 Å². The number of anilines is 2. The van der Waals surface area contributed by atoms with Crippen LogP contribution in [-0.2, 0) is 16.0 Å². The van der Waals surface area contributed by atoms with Crippen molar-refractivity contribution < 1.29 is 9.59 Å². The number of nitrogens with one attached hydrogen (secondary N) is 1. The van der Waals surface area contributed by atoms with E-state index in [2.05, 4.69) is 5.32 Å². The van der Waals surface area contributed by atoms with Gasteiger partial charge in [-0.15, -0.1) is 11.3 Å². The molecule has 1 saturated heterocycles. The first-order valence-electron chi connectivity index (χ1n) is 9.90. The molecule has 1 fully saturated rings. The number of nitrogens with zero attached hydrogens (tertiary/aromatic N) is 2. The average molecular weight is 504 g/mol. The van der Waals surface area contributed by atoms with Crippen LogP contribution in [0.3, 0.4) is 0 Å². The Morgan fingerprint density at radius 1 is 1.03 bits per heavy atom. The average Bonchev–Trinajstić information content (AvgIpc) is 3.36. The fraction of sp³-hybridized carbons (Fsp3) is 0.174. The third-order valence-corrected chi connectivity index (χ3v) is 6.95. The molecule has 0 spiro atoms. The first-order chi connectivity index (χ1) is 15.4. The van der Waals surface area contributed by atoms with Crippen molar-refractivity contribution in [2.75, 3.05) is 16.8 Å². The Hall–Kier alpha value is -2.45. The van der Waals surface area contributed by atoms with Crippen molar-refractivity contribution in [3.05, 3.63) is 81.0 Å². The second kappa shape index (κ2) is 10.0. The Bertz CT molecular complexity index is 1120. The number of hydrogen-bond acceptors (Lipinski definition) is 4.